The van der Waals surface area contributed by atoms with Crippen LogP contribution in [0.5, 0.6) is 5.75 Å². The standard InChI is InChI=1S/C23H26F3N5O3/c1-15(30(5)29-21(32)34-22(2,3)4)16-6-8-17(9-7-16)20-27-14-31(28-20)18-10-12-19(13-11-18)33-23(24,25)26/h6-15H,1-5H3,(H,29,32). The number of rotatable bonds is 6. The molecule has 1 N–H and O–H groups in total. The first-order valence-electron chi connectivity index (χ1n) is 10.4. The Morgan fingerprint density at radius 1 is 1.06 bits per heavy atom. The molecule has 3 aromatic rings. The lowest BCUT2D eigenvalue weighted by atomic mass is 10.1. The number of nitrogens with zero attached hydrogens (tertiary/aromatic N) is 4. The maximum atomic E-state index is 12.3. The fourth-order valence-corrected chi connectivity index (χ4v) is 3.00. The van der Waals surface area contributed by atoms with Gasteiger partial charge in [-0.15, -0.1) is 18.3 Å². The Bertz CT molecular complexity index is 1110. The first-order valence-corrected chi connectivity index (χ1v) is 10.4. The molecule has 1 atom stereocenters. The average Bonchev–Trinajstić information content (AvgIpc) is 3.21. The van der Waals surface area contributed by atoms with Crippen LogP contribution in [0.3, 0.4) is 0 Å². The number of carbonyl (C=O) groups excluding carboxylic acids is 1. The van der Waals surface area contributed by atoms with E-state index in [9.17, 15) is 18.0 Å². The van der Waals surface area contributed by atoms with E-state index in [1.807, 2.05) is 31.2 Å². The predicted octanol–water partition coefficient (Wildman–Crippen LogP) is 5.27. The van der Waals surface area contributed by atoms with Crippen molar-refractivity contribution in [2.75, 3.05) is 7.05 Å². The molecule has 182 valence electrons. The van der Waals surface area contributed by atoms with Crippen LogP contribution in [0.1, 0.15) is 39.3 Å². The van der Waals surface area contributed by atoms with Gasteiger partial charge in [0.1, 0.15) is 17.7 Å². The van der Waals surface area contributed by atoms with Gasteiger partial charge in [0.15, 0.2) is 5.82 Å². The maximum Gasteiger partial charge on any atom is 0.573 e. The van der Waals surface area contributed by atoms with Crippen LogP contribution in [0, 0.1) is 0 Å². The van der Waals surface area contributed by atoms with E-state index in [2.05, 4.69) is 20.2 Å². The molecule has 0 bridgehead atoms. The van der Waals surface area contributed by atoms with Gasteiger partial charge in [-0.1, -0.05) is 24.3 Å². The highest BCUT2D eigenvalue weighted by atomic mass is 19.4. The Labute approximate surface area is 195 Å². The van der Waals surface area contributed by atoms with Crippen molar-refractivity contribution in [1.82, 2.24) is 25.2 Å². The normalized spacial score (nSPS) is 13.0. The maximum absolute atomic E-state index is 12.3. The quantitative estimate of drug-likeness (QED) is 0.488. The molecule has 8 nitrogen and oxygen atoms in total. The molecule has 0 radical (unpaired) electrons. The van der Waals surface area contributed by atoms with Crippen LogP contribution < -0.4 is 10.2 Å². The minimum atomic E-state index is -4.74. The number of halogens is 3. The molecule has 0 spiro atoms. The lowest BCUT2D eigenvalue weighted by molar-refractivity contribution is -0.274. The molecule has 0 fully saturated rings. The van der Waals surface area contributed by atoms with Gasteiger partial charge < -0.3 is 9.47 Å². The molecule has 0 aliphatic rings. The third kappa shape index (κ3) is 6.95. The minimum Gasteiger partial charge on any atom is -0.443 e. The molecule has 0 aliphatic carbocycles. The zero-order chi connectivity index (χ0) is 25.1. The fraction of sp³-hybridized carbons (Fsp3) is 0.348. The van der Waals surface area contributed by atoms with Crippen LogP contribution in [0.25, 0.3) is 17.1 Å². The number of amides is 1. The summed E-state index contributed by atoms with van der Waals surface area (Å²) in [6, 6.07) is 12.7. The Kier molecular flexibility index (Phi) is 7.15. The summed E-state index contributed by atoms with van der Waals surface area (Å²) >= 11 is 0. The summed E-state index contributed by atoms with van der Waals surface area (Å²) in [7, 11) is 1.75. The van der Waals surface area contributed by atoms with Gasteiger partial charge >= 0.3 is 12.5 Å². The zero-order valence-corrected chi connectivity index (χ0v) is 19.4. The zero-order valence-electron chi connectivity index (χ0n) is 19.4. The highest BCUT2D eigenvalue weighted by Gasteiger charge is 2.31. The number of aromatic nitrogens is 3. The molecule has 1 heterocycles. The second-order valence-electron chi connectivity index (χ2n) is 8.58. The van der Waals surface area contributed by atoms with Crippen LogP contribution in [-0.4, -0.2) is 44.9 Å². The first kappa shape index (κ1) is 25.0. The molecule has 0 aliphatic heterocycles. The molecule has 2 aromatic carbocycles. The largest absolute Gasteiger partial charge is 0.573 e. The topological polar surface area (TPSA) is 81.5 Å². The van der Waals surface area contributed by atoms with Crippen LogP contribution in [0.4, 0.5) is 18.0 Å². The van der Waals surface area contributed by atoms with Gasteiger partial charge in [-0.2, -0.15) is 0 Å². The molecular formula is C23H26F3N5O3. The summed E-state index contributed by atoms with van der Waals surface area (Å²) in [5.41, 5.74) is 4.34. The average molecular weight is 477 g/mol. The first-order chi connectivity index (χ1) is 15.8. The molecule has 0 saturated heterocycles. The van der Waals surface area contributed by atoms with E-state index in [-0.39, 0.29) is 11.8 Å². The fourth-order valence-electron chi connectivity index (χ4n) is 3.00. The summed E-state index contributed by atoms with van der Waals surface area (Å²) in [6.45, 7) is 7.32. The Hall–Kier alpha value is -3.60. The van der Waals surface area contributed by atoms with Gasteiger partial charge in [0.2, 0.25) is 0 Å². The summed E-state index contributed by atoms with van der Waals surface area (Å²) < 4.78 is 47.6. The van der Waals surface area contributed by atoms with Gasteiger partial charge in [0, 0.05) is 12.6 Å². The number of hydrogen-bond acceptors (Lipinski definition) is 6. The van der Waals surface area contributed by atoms with Crippen LogP contribution in [0.15, 0.2) is 54.9 Å². The Morgan fingerprint density at radius 2 is 1.68 bits per heavy atom. The summed E-state index contributed by atoms with van der Waals surface area (Å²) in [5.74, 6) is 0.141. The molecular weight excluding hydrogens is 451 g/mol. The van der Waals surface area contributed by atoms with E-state index in [0.717, 1.165) is 11.1 Å². The summed E-state index contributed by atoms with van der Waals surface area (Å²) in [4.78, 5) is 16.3. The molecule has 34 heavy (non-hydrogen) atoms. The van der Waals surface area contributed by atoms with Gasteiger partial charge in [-0.25, -0.2) is 19.5 Å². The van der Waals surface area contributed by atoms with Gasteiger partial charge in [0.05, 0.1) is 11.7 Å². The highest BCUT2D eigenvalue weighted by molar-refractivity contribution is 5.67. The van der Waals surface area contributed by atoms with Crippen LogP contribution in [0.2, 0.25) is 0 Å². The number of hydrazine groups is 1. The number of hydrogen-bond donors (Lipinski definition) is 1. The third-order valence-corrected chi connectivity index (χ3v) is 4.73. The van der Waals surface area contributed by atoms with E-state index >= 15 is 0 Å². The van der Waals surface area contributed by atoms with E-state index in [4.69, 9.17) is 4.74 Å². The lowest BCUT2D eigenvalue weighted by Crippen LogP contribution is -2.43. The van der Waals surface area contributed by atoms with Crippen molar-refractivity contribution in [3.8, 4) is 22.8 Å². The molecule has 1 aromatic heterocycles. The van der Waals surface area contributed by atoms with Crippen molar-refractivity contribution in [3.63, 3.8) is 0 Å². The molecule has 3 rings (SSSR count). The van der Waals surface area contributed by atoms with Crippen molar-refractivity contribution in [1.29, 1.82) is 0 Å². The predicted molar refractivity (Wildman–Crippen MR) is 119 cm³/mol. The highest BCUT2D eigenvalue weighted by Crippen LogP contribution is 2.25. The van der Waals surface area contributed by atoms with Gasteiger partial charge in [-0.3, -0.25) is 5.43 Å². The number of alkyl halides is 3. The Morgan fingerprint density at radius 3 is 2.24 bits per heavy atom. The van der Waals surface area contributed by atoms with Gasteiger partial charge in [0.25, 0.3) is 0 Å². The van der Waals surface area contributed by atoms with E-state index in [1.165, 1.54) is 35.3 Å². The van der Waals surface area contributed by atoms with Crippen molar-refractivity contribution in [3.05, 3.63) is 60.4 Å². The van der Waals surface area contributed by atoms with Crippen molar-refractivity contribution >= 4 is 6.09 Å². The number of nitrogens with one attached hydrogen (secondary N) is 1. The summed E-state index contributed by atoms with van der Waals surface area (Å²) in [5, 5.41) is 6.05. The van der Waals surface area contributed by atoms with Crippen LogP contribution in [-0.2, 0) is 4.74 Å². The number of carbonyl (C=O) groups is 1. The Balaban J connectivity index is 1.66. The smallest absolute Gasteiger partial charge is 0.443 e. The molecule has 1 amide bonds. The summed E-state index contributed by atoms with van der Waals surface area (Å²) in [6.07, 6.45) is -3.80. The van der Waals surface area contributed by atoms with Crippen molar-refractivity contribution in [2.45, 2.75) is 45.7 Å². The molecule has 1 unspecified atom stereocenters. The van der Waals surface area contributed by atoms with Crippen molar-refractivity contribution < 1.29 is 27.4 Å². The molecule has 0 saturated carbocycles. The minimum absolute atomic E-state index is 0.135. The SMILES string of the molecule is CC(c1ccc(-c2ncn(-c3ccc(OC(F)(F)F)cc3)n2)cc1)N(C)NC(=O)OC(C)(C)C. The second kappa shape index (κ2) is 9.72. The van der Waals surface area contributed by atoms with Gasteiger partial charge in [-0.05, 0) is 57.5 Å². The van der Waals surface area contributed by atoms with Crippen molar-refractivity contribution in [2.24, 2.45) is 0 Å². The van der Waals surface area contributed by atoms with E-state index in [0.29, 0.717) is 11.5 Å². The van der Waals surface area contributed by atoms with E-state index < -0.39 is 18.1 Å². The third-order valence-electron chi connectivity index (χ3n) is 4.73. The van der Waals surface area contributed by atoms with Crippen LogP contribution >= 0.6 is 0 Å². The number of ether oxygens (including phenoxy) is 2. The number of benzene rings is 2. The van der Waals surface area contributed by atoms with E-state index in [1.54, 1.807) is 32.8 Å². The molecule has 11 heteroatoms. The lowest BCUT2D eigenvalue weighted by Gasteiger charge is -2.27. The monoisotopic (exact) mass is 477 g/mol. The second-order valence-corrected chi connectivity index (χ2v) is 8.58.